The van der Waals surface area contributed by atoms with E-state index in [1.165, 1.54) is 12.8 Å². The molecule has 0 fully saturated rings. The summed E-state index contributed by atoms with van der Waals surface area (Å²) in [5.74, 6) is -0.273. The molecule has 0 aromatic rings. The van der Waals surface area contributed by atoms with Crippen molar-refractivity contribution in [2.24, 2.45) is 5.73 Å². The zero-order valence-electron chi connectivity index (χ0n) is 12.0. The maximum absolute atomic E-state index is 11.3. The molecule has 3 N–H and O–H groups in total. The molecular weight excluding hydrogens is 214 g/mol. The van der Waals surface area contributed by atoms with Gasteiger partial charge in [-0.3, -0.25) is 4.79 Å². The molecule has 0 radical (unpaired) electrons. The molecule has 0 aromatic carbocycles. The lowest BCUT2D eigenvalue weighted by atomic mass is 9.95. The zero-order chi connectivity index (χ0) is 13.5. The molecule has 0 aliphatic heterocycles. The second-order valence-corrected chi connectivity index (χ2v) is 5.00. The molecule has 102 valence electrons. The van der Waals surface area contributed by atoms with E-state index in [9.17, 15) is 4.79 Å². The van der Waals surface area contributed by atoms with Gasteiger partial charge in [0.1, 0.15) is 0 Å². The van der Waals surface area contributed by atoms with E-state index in [0.717, 1.165) is 19.4 Å². The average Bonchev–Trinajstić information content (AvgIpc) is 2.30. The number of hydrogen-bond donors (Lipinski definition) is 2. The van der Waals surface area contributed by atoms with Crippen LogP contribution < -0.4 is 11.1 Å². The summed E-state index contributed by atoms with van der Waals surface area (Å²) in [4.78, 5) is 13.7. The third kappa shape index (κ3) is 5.04. The van der Waals surface area contributed by atoms with Gasteiger partial charge in [0, 0.05) is 6.04 Å². The summed E-state index contributed by atoms with van der Waals surface area (Å²) in [6.45, 7) is 7.31. The average molecular weight is 243 g/mol. The van der Waals surface area contributed by atoms with Crippen LogP contribution in [0.3, 0.4) is 0 Å². The van der Waals surface area contributed by atoms with Gasteiger partial charge < -0.3 is 16.0 Å². The first-order valence-corrected chi connectivity index (χ1v) is 6.60. The third-order valence-electron chi connectivity index (χ3n) is 3.85. The van der Waals surface area contributed by atoms with Crippen LogP contribution in [0, 0.1) is 0 Å². The summed E-state index contributed by atoms with van der Waals surface area (Å²) in [7, 11) is 3.94. The highest BCUT2D eigenvalue weighted by molar-refractivity contribution is 5.84. The number of primary amides is 1. The topological polar surface area (TPSA) is 58.4 Å². The summed E-state index contributed by atoms with van der Waals surface area (Å²) in [5, 5.41) is 3.02. The molecule has 4 heteroatoms. The summed E-state index contributed by atoms with van der Waals surface area (Å²) >= 11 is 0. The second kappa shape index (κ2) is 7.67. The number of carbonyl (C=O) groups excluding carboxylic acids is 1. The Bertz CT molecular complexity index is 229. The molecule has 4 nitrogen and oxygen atoms in total. The molecule has 1 amide bonds. The molecule has 1 unspecified atom stereocenters. The molecule has 0 rings (SSSR count). The van der Waals surface area contributed by atoms with E-state index in [0.29, 0.717) is 6.04 Å². The standard InChI is InChI=1S/C13H29N3O/c1-6-11(7-2)16(5)10-8-9-13(3,15-4)12(14)17/h11,15H,6-10H2,1-5H3,(H2,14,17). The van der Waals surface area contributed by atoms with Gasteiger partial charge in [-0.2, -0.15) is 0 Å². The van der Waals surface area contributed by atoms with E-state index < -0.39 is 5.54 Å². The quantitative estimate of drug-likeness (QED) is 0.643. The number of carbonyl (C=O) groups is 1. The number of amides is 1. The van der Waals surface area contributed by atoms with E-state index in [2.05, 4.69) is 31.1 Å². The van der Waals surface area contributed by atoms with Crippen molar-refractivity contribution in [1.82, 2.24) is 10.2 Å². The maximum atomic E-state index is 11.3. The van der Waals surface area contributed by atoms with Crippen molar-refractivity contribution in [3.8, 4) is 0 Å². The van der Waals surface area contributed by atoms with E-state index in [1.807, 2.05) is 6.92 Å². The minimum Gasteiger partial charge on any atom is -0.368 e. The summed E-state index contributed by atoms with van der Waals surface area (Å²) < 4.78 is 0. The van der Waals surface area contributed by atoms with Gasteiger partial charge in [0.25, 0.3) is 0 Å². The Morgan fingerprint density at radius 1 is 1.41 bits per heavy atom. The largest absolute Gasteiger partial charge is 0.368 e. The highest BCUT2D eigenvalue weighted by Gasteiger charge is 2.28. The van der Waals surface area contributed by atoms with Crippen LogP contribution in [0.5, 0.6) is 0 Å². The number of nitrogens with two attached hydrogens (primary N) is 1. The summed E-state index contributed by atoms with van der Waals surface area (Å²) in [6, 6.07) is 0.643. The minimum atomic E-state index is -0.575. The molecule has 1 atom stereocenters. The van der Waals surface area contributed by atoms with Crippen LogP contribution in [0.15, 0.2) is 0 Å². The van der Waals surface area contributed by atoms with Crippen LogP contribution in [-0.4, -0.2) is 43.0 Å². The Morgan fingerprint density at radius 3 is 2.29 bits per heavy atom. The Labute approximate surface area is 106 Å². The van der Waals surface area contributed by atoms with Crippen molar-refractivity contribution >= 4 is 5.91 Å². The predicted molar refractivity (Wildman–Crippen MR) is 72.9 cm³/mol. The fraction of sp³-hybridized carbons (Fsp3) is 0.923. The van der Waals surface area contributed by atoms with Crippen molar-refractivity contribution in [2.45, 2.75) is 58.0 Å². The fourth-order valence-electron chi connectivity index (χ4n) is 2.15. The zero-order valence-corrected chi connectivity index (χ0v) is 12.0. The van der Waals surface area contributed by atoms with Gasteiger partial charge in [0.05, 0.1) is 5.54 Å². The summed E-state index contributed by atoms with van der Waals surface area (Å²) in [5.41, 5.74) is 4.82. The van der Waals surface area contributed by atoms with Crippen LogP contribution in [0.4, 0.5) is 0 Å². The van der Waals surface area contributed by atoms with Crippen molar-refractivity contribution < 1.29 is 4.79 Å². The van der Waals surface area contributed by atoms with Gasteiger partial charge in [-0.15, -0.1) is 0 Å². The monoisotopic (exact) mass is 243 g/mol. The Morgan fingerprint density at radius 2 is 1.94 bits per heavy atom. The minimum absolute atomic E-state index is 0.273. The number of likely N-dealkylation sites (N-methyl/N-ethyl adjacent to an activating group) is 1. The maximum Gasteiger partial charge on any atom is 0.237 e. The van der Waals surface area contributed by atoms with Crippen LogP contribution in [0.1, 0.15) is 46.5 Å². The van der Waals surface area contributed by atoms with Crippen LogP contribution >= 0.6 is 0 Å². The van der Waals surface area contributed by atoms with Crippen molar-refractivity contribution in [3.63, 3.8) is 0 Å². The lowest BCUT2D eigenvalue weighted by Crippen LogP contribution is -2.51. The molecule has 0 bridgehead atoms. The molecule has 0 aliphatic carbocycles. The Kier molecular flexibility index (Phi) is 7.39. The normalized spacial score (nSPS) is 15.2. The predicted octanol–water partition coefficient (Wildman–Crippen LogP) is 1.35. The molecule has 0 heterocycles. The van der Waals surface area contributed by atoms with Gasteiger partial charge >= 0.3 is 0 Å². The third-order valence-corrected chi connectivity index (χ3v) is 3.85. The molecule has 0 spiro atoms. The van der Waals surface area contributed by atoms with Gasteiger partial charge in [0.15, 0.2) is 0 Å². The smallest absolute Gasteiger partial charge is 0.237 e. The molecule has 0 saturated carbocycles. The SMILES string of the molecule is CCC(CC)N(C)CCCC(C)(NC)C(N)=O. The molecule has 0 aliphatic rings. The van der Waals surface area contributed by atoms with Gasteiger partial charge in [0.2, 0.25) is 5.91 Å². The van der Waals surface area contributed by atoms with E-state index in [-0.39, 0.29) is 5.91 Å². The van der Waals surface area contributed by atoms with E-state index in [1.54, 1.807) is 7.05 Å². The van der Waals surface area contributed by atoms with Crippen molar-refractivity contribution in [2.75, 3.05) is 20.6 Å². The van der Waals surface area contributed by atoms with Crippen LogP contribution in [0.2, 0.25) is 0 Å². The molecular formula is C13H29N3O. The highest BCUT2D eigenvalue weighted by Crippen LogP contribution is 2.13. The first-order chi connectivity index (χ1) is 7.91. The highest BCUT2D eigenvalue weighted by atomic mass is 16.1. The number of hydrogen-bond acceptors (Lipinski definition) is 3. The van der Waals surface area contributed by atoms with Gasteiger partial charge in [-0.25, -0.2) is 0 Å². The molecule has 0 saturated heterocycles. The lowest BCUT2D eigenvalue weighted by molar-refractivity contribution is -0.123. The summed E-state index contributed by atoms with van der Waals surface area (Å²) in [6.07, 6.45) is 4.11. The Balaban J connectivity index is 4.09. The molecule has 0 aromatic heterocycles. The van der Waals surface area contributed by atoms with E-state index in [4.69, 9.17) is 5.73 Å². The number of rotatable bonds is 9. The first-order valence-electron chi connectivity index (χ1n) is 6.60. The fourth-order valence-corrected chi connectivity index (χ4v) is 2.15. The molecule has 17 heavy (non-hydrogen) atoms. The van der Waals surface area contributed by atoms with Gasteiger partial charge in [-0.1, -0.05) is 13.8 Å². The first kappa shape index (κ1) is 16.4. The van der Waals surface area contributed by atoms with Crippen molar-refractivity contribution in [3.05, 3.63) is 0 Å². The van der Waals surface area contributed by atoms with Gasteiger partial charge in [-0.05, 0) is 53.2 Å². The second-order valence-electron chi connectivity index (χ2n) is 5.00. The van der Waals surface area contributed by atoms with Crippen LogP contribution in [-0.2, 0) is 4.79 Å². The Hall–Kier alpha value is -0.610. The number of nitrogens with zero attached hydrogens (tertiary/aromatic N) is 1. The lowest BCUT2D eigenvalue weighted by Gasteiger charge is -2.29. The number of nitrogens with one attached hydrogen (secondary N) is 1. The van der Waals surface area contributed by atoms with E-state index >= 15 is 0 Å². The van der Waals surface area contributed by atoms with Crippen molar-refractivity contribution in [1.29, 1.82) is 0 Å². The van der Waals surface area contributed by atoms with Crippen LogP contribution in [0.25, 0.3) is 0 Å².